The Labute approximate surface area is 157 Å². The van der Waals surface area contributed by atoms with Crippen LogP contribution in [0.1, 0.15) is 11.1 Å². The molecular weight excluding hydrogens is 354 g/mol. The maximum atomic E-state index is 9.40. The van der Waals surface area contributed by atoms with Gasteiger partial charge in [0.1, 0.15) is 5.75 Å². The monoisotopic (exact) mass is 377 g/mol. The van der Waals surface area contributed by atoms with Crippen LogP contribution in [0.5, 0.6) is 17.2 Å². The highest BCUT2D eigenvalue weighted by Gasteiger charge is 2.05. The molecule has 27 heavy (non-hydrogen) atoms. The Morgan fingerprint density at radius 3 is 2.15 bits per heavy atom. The van der Waals surface area contributed by atoms with Gasteiger partial charge >= 0.3 is 11.9 Å². The molecule has 0 bridgehead atoms. The fourth-order valence-electron chi connectivity index (χ4n) is 2.17. The van der Waals surface area contributed by atoms with Crippen LogP contribution in [0.2, 0.25) is 0 Å². The number of aromatic hydroxyl groups is 1. The number of hydrogen-bond donors (Lipinski definition) is 4. The third-order valence-corrected chi connectivity index (χ3v) is 3.46. The SMILES string of the molecule is COc1ccc(CCNCc2cccc(O)c2)cc1OC.O=C(O)C(=O)O. The molecule has 0 unspecified atom stereocenters. The number of methoxy groups -OCH3 is 2. The predicted molar refractivity (Wildman–Crippen MR) is 98.3 cm³/mol. The first-order chi connectivity index (χ1) is 12.9. The molecule has 2 rings (SSSR count). The second-order valence-corrected chi connectivity index (χ2v) is 5.40. The van der Waals surface area contributed by atoms with E-state index in [1.165, 1.54) is 5.56 Å². The van der Waals surface area contributed by atoms with Crippen LogP contribution in [0.15, 0.2) is 42.5 Å². The van der Waals surface area contributed by atoms with Crippen molar-refractivity contribution in [2.45, 2.75) is 13.0 Å². The van der Waals surface area contributed by atoms with E-state index in [0.29, 0.717) is 5.75 Å². The van der Waals surface area contributed by atoms with Crippen molar-refractivity contribution in [3.63, 3.8) is 0 Å². The molecule has 0 aliphatic rings. The van der Waals surface area contributed by atoms with Gasteiger partial charge in [-0.2, -0.15) is 0 Å². The number of carboxylic acids is 2. The van der Waals surface area contributed by atoms with Crippen molar-refractivity contribution in [3.05, 3.63) is 53.6 Å². The molecule has 0 saturated carbocycles. The van der Waals surface area contributed by atoms with Gasteiger partial charge in [0.15, 0.2) is 11.5 Å². The lowest BCUT2D eigenvalue weighted by Crippen LogP contribution is -2.16. The molecule has 8 heteroatoms. The van der Waals surface area contributed by atoms with Crippen LogP contribution in [0.3, 0.4) is 0 Å². The highest BCUT2D eigenvalue weighted by Crippen LogP contribution is 2.27. The van der Waals surface area contributed by atoms with E-state index in [2.05, 4.69) is 5.32 Å². The average Bonchev–Trinajstić information content (AvgIpc) is 2.65. The summed E-state index contributed by atoms with van der Waals surface area (Å²) in [5.74, 6) is -1.85. The molecule has 2 aromatic rings. The minimum absolute atomic E-state index is 0.300. The number of carbonyl (C=O) groups is 2. The molecule has 0 aromatic heterocycles. The van der Waals surface area contributed by atoms with E-state index in [1.54, 1.807) is 26.4 Å². The molecule has 146 valence electrons. The summed E-state index contributed by atoms with van der Waals surface area (Å²) in [5, 5.41) is 27.5. The van der Waals surface area contributed by atoms with E-state index in [1.807, 2.05) is 30.3 Å². The number of benzene rings is 2. The molecule has 8 nitrogen and oxygen atoms in total. The zero-order chi connectivity index (χ0) is 20.2. The number of rotatable bonds is 7. The van der Waals surface area contributed by atoms with Crippen LogP contribution in [-0.2, 0) is 22.6 Å². The van der Waals surface area contributed by atoms with Crippen LogP contribution >= 0.6 is 0 Å². The van der Waals surface area contributed by atoms with Gasteiger partial charge in [-0.1, -0.05) is 18.2 Å². The largest absolute Gasteiger partial charge is 0.508 e. The maximum absolute atomic E-state index is 9.40. The molecule has 0 saturated heterocycles. The van der Waals surface area contributed by atoms with Gasteiger partial charge in [0.05, 0.1) is 14.2 Å². The molecule has 0 fully saturated rings. The number of nitrogens with one attached hydrogen (secondary N) is 1. The van der Waals surface area contributed by atoms with Gasteiger partial charge in [0.25, 0.3) is 0 Å². The fraction of sp³-hybridized carbons (Fsp3) is 0.263. The van der Waals surface area contributed by atoms with Gasteiger partial charge in [-0.05, 0) is 48.4 Å². The summed E-state index contributed by atoms with van der Waals surface area (Å²) in [6.45, 7) is 1.59. The molecule has 0 atom stereocenters. The lowest BCUT2D eigenvalue weighted by molar-refractivity contribution is -0.159. The van der Waals surface area contributed by atoms with Crippen LogP contribution in [0.4, 0.5) is 0 Å². The van der Waals surface area contributed by atoms with Crippen molar-refractivity contribution >= 4 is 11.9 Å². The second kappa shape index (κ2) is 11.4. The minimum atomic E-state index is -1.82. The van der Waals surface area contributed by atoms with Gasteiger partial charge in [-0.3, -0.25) is 0 Å². The molecule has 0 aliphatic heterocycles. The first-order valence-electron chi connectivity index (χ1n) is 8.03. The number of ether oxygens (including phenoxy) is 2. The van der Waals surface area contributed by atoms with E-state index in [-0.39, 0.29) is 0 Å². The Morgan fingerprint density at radius 1 is 0.926 bits per heavy atom. The van der Waals surface area contributed by atoms with Crippen molar-refractivity contribution in [3.8, 4) is 17.2 Å². The first-order valence-corrected chi connectivity index (χ1v) is 8.03. The van der Waals surface area contributed by atoms with Crippen LogP contribution < -0.4 is 14.8 Å². The maximum Gasteiger partial charge on any atom is 0.414 e. The number of aliphatic carboxylic acids is 2. The molecule has 0 heterocycles. The average molecular weight is 377 g/mol. The number of carboxylic acid groups (broad SMARTS) is 2. The molecule has 4 N–H and O–H groups in total. The molecule has 0 spiro atoms. The summed E-state index contributed by atoms with van der Waals surface area (Å²) in [7, 11) is 3.27. The lowest BCUT2D eigenvalue weighted by atomic mass is 10.1. The summed E-state index contributed by atoms with van der Waals surface area (Å²) in [6, 6.07) is 13.2. The van der Waals surface area contributed by atoms with Crippen LogP contribution in [0.25, 0.3) is 0 Å². The Bertz CT molecular complexity index is 749. The summed E-state index contributed by atoms with van der Waals surface area (Å²) >= 11 is 0. The molecule has 0 radical (unpaired) electrons. The van der Waals surface area contributed by atoms with E-state index < -0.39 is 11.9 Å². The number of phenols is 1. The summed E-state index contributed by atoms with van der Waals surface area (Å²) < 4.78 is 10.5. The minimum Gasteiger partial charge on any atom is -0.508 e. The van der Waals surface area contributed by atoms with Gasteiger partial charge in [0, 0.05) is 6.54 Å². The van der Waals surface area contributed by atoms with E-state index in [4.69, 9.17) is 29.3 Å². The zero-order valence-corrected chi connectivity index (χ0v) is 15.1. The van der Waals surface area contributed by atoms with Crippen molar-refractivity contribution in [1.29, 1.82) is 0 Å². The van der Waals surface area contributed by atoms with Gasteiger partial charge in [-0.25, -0.2) is 9.59 Å². The van der Waals surface area contributed by atoms with Crippen molar-refractivity contribution < 1.29 is 34.4 Å². The van der Waals surface area contributed by atoms with Crippen molar-refractivity contribution in [2.24, 2.45) is 0 Å². The standard InChI is InChI=1S/C17H21NO3.C2H2O4/c1-20-16-7-6-13(11-17(16)21-2)8-9-18-12-14-4-3-5-15(19)10-14;3-1(4)2(5)6/h3-7,10-11,18-19H,8-9,12H2,1-2H3;(H,3,4)(H,5,6). The highest BCUT2D eigenvalue weighted by molar-refractivity contribution is 6.27. The Morgan fingerprint density at radius 2 is 1.59 bits per heavy atom. The third-order valence-electron chi connectivity index (χ3n) is 3.46. The zero-order valence-electron chi connectivity index (χ0n) is 15.1. The Kier molecular flexibility index (Phi) is 9.18. The Hall–Kier alpha value is -3.26. The molecule has 0 amide bonds. The van der Waals surface area contributed by atoms with Gasteiger partial charge < -0.3 is 30.1 Å². The fourth-order valence-corrected chi connectivity index (χ4v) is 2.17. The Balaban J connectivity index is 0.000000527. The van der Waals surface area contributed by atoms with Gasteiger partial charge in [-0.15, -0.1) is 0 Å². The third kappa shape index (κ3) is 8.10. The quantitative estimate of drug-likeness (QED) is 0.426. The number of hydrogen-bond acceptors (Lipinski definition) is 6. The second-order valence-electron chi connectivity index (χ2n) is 5.40. The normalized spacial score (nSPS) is 9.70. The first kappa shape index (κ1) is 21.8. The van der Waals surface area contributed by atoms with Crippen molar-refractivity contribution in [1.82, 2.24) is 5.32 Å². The highest BCUT2D eigenvalue weighted by atomic mass is 16.5. The van der Waals surface area contributed by atoms with E-state index in [9.17, 15) is 5.11 Å². The van der Waals surface area contributed by atoms with Crippen LogP contribution in [-0.4, -0.2) is 48.0 Å². The molecule has 2 aromatic carbocycles. The summed E-state index contributed by atoms with van der Waals surface area (Å²) in [6.07, 6.45) is 0.902. The van der Waals surface area contributed by atoms with Crippen molar-refractivity contribution in [2.75, 3.05) is 20.8 Å². The van der Waals surface area contributed by atoms with E-state index in [0.717, 1.165) is 36.6 Å². The smallest absolute Gasteiger partial charge is 0.414 e. The number of phenolic OH excluding ortho intramolecular Hbond substituents is 1. The van der Waals surface area contributed by atoms with E-state index >= 15 is 0 Å². The van der Waals surface area contributed by atoms with Gasteiger partial charge in [0.2, 0.25) is 0 Å². The molecule has 0 aliphatic carbocycles. The van der Waals surface area contributed by atoms with Crippen LogP contribution in [0, 0.1) is 0 Å². The predicted octanol–water partition coefficient (Wildman–Crippen LogP) is 1.90. The lowest BCUT2D eigenvalue weighted by Gasteiger charge is -2.10. The molecular formula is C19H23NO7. The summed E-state index contributed by atoms with van der Waals surface area (Å²) in [5.41, 5.74) is 2.26. The topological polar surface area (TPSA) is 125 Å². The summed E-state index contributed by atoms with van der Waals surface area (Å²) in [4.78, 5) is 18.2.